The number of nitrogens with one attached hydrogen (secondary N) is 1. The first-order chi connectivity index (χ1) is 7.77. The van der Waals surface area contributed by atoms with Crippen LogP contribution < -0.4 is 5.32 Å². The van der Waals surface area contributed by atoms with Crippen LogP contribution in [0.25, 0.3) is 0 Å². The van der Waals surface area contributed by atoms with Crippen LogP contribution in [0.3, 0.4) is 0 Å². The molecule has 1 atom stereocenters. The lowest BCUT2D eigenvalue weighted by molar-refractivity contribution is 0.578. The Morgan fingerprint density at radius 1 is 1.50 bits per heavy atom. The van der Waals surface area contributed by atoms with E-state index in [0.29, 0.717) is 6.04 Å². The van der Waals surface area contributed by atoms with Gasteiger partial charge in [0.2, 0.25) is 0 Å². The lowest BCUT2D eigenvalue weighted by atomic mass is 10.2. The summed E-state index contributed by atoms with van der Waals surface area (Å²) in [5.41, 5.74) is 4.22. The van der Waals surface area contributed by atoms with Gasteiger partial charge in [-0.05, 0) is 25.5 Å². The van der Waals surface area contributed by atoms with Gasteiger partial charge >= 0.3 is 0 Å². The fraction of sp³-hybridized carbons (Fsp3) is 0.333. The van der Waals surface area contributed by atoms with Crippen LogP contribution in [0, 0.1) is 6.92 Å². The molecule has 1 N–H and O–H groups in total. The van der Waals surface area contributed by atoms with E-state index >= 15 is 0 Å². The molecule has 3 nitrogen and oxygen atoms in total. The molecule has 0 aromatic carbocycles. The predicted molar refractivity (Wildman–Crippen MR) is 66.3 cm³/mol. The second-order valence-electron chi connectivity index (χ2n) is 3.77. The molecule has 2 aromatic rings. The zero-order chi connectivity index (χ0) is 11.4. The van der Waals surface area contributed by atoms with E-state index in [9.17, 15) is 0 Å². The molecule has 0 fully saturated rings. The smallest absolute Gasteiger partial charge is 0.0798 e. The molecule has 0 saturated heterocycles. The first-order valence-corrected chi connectivity index (χ1v) is 6.17. The highest BCUT2D eigenvalue weighted by atomic mass is 32.1. The van der Waals surface area contributed by atoms with E-state index in [1.165, 1.54) is 10.4 Å². The van der Waals surface area contributed by atoms with Crippen molar-refractivity contribution in [1.29, 1.82) is 0 Å². The lowest BCUT2D eigenvalue weighted by Gasteiger charge is -2.12. The Balaban J connectivity index is 1.94. The molecule has 0 aliphatic carbocycles. The highest BCUT2D eigenvalue weighted by Crippen LogP contribution is 2.21. The maximum absolute atomic E-state index is 4.26. The number of nitrogens with zero attached hydrogens (tertiary/aromatic N) is 2. The molecular weight excluding hydrogens is 218 g/mol. The Labute approximate surface area is 99.6 Å². The summed E-state index contributed by atoms with van der Waals surface area (Å²) in [5, 5.41) is 3.47. The second kappa shape index (κ2) is 5.18. The van der Waals surface area contributed by atoms with Crippen LogP contribution in [0.5, 0.6) is 0 Å². The van der Waals surface area contributed by atoms with Crippen LogP contribution in [-0.4, -0.2) is 9.97 Å². The molecule has 0 spiro atoms. The summed E-state index contributed by atoms with van der Waals surface area (Å²) in [7, 11) is 0. The van der Waals surface area contributed by atoms with E-state index < -0.39 is 0 Å². The van der Waals surface area contributed by atoms with E-state index in [1.54, 1.807) is 17.5 Å². The summed E-state index contributed by atoms with van der Waals surface area (Å²) in [6.07, 6.45) is 3.68. The maximum atomic E-state index is 4.26. The Hall–Kier alpha value is -1.26. The normalized spacial score (nSPS) is 12.6. The number of rotatable bonds is 4. The van der Waals surface area contributed by atoms with Crippen LogP contribution in [0.1, 0.15) is 29.1 Å². The van der Waals surface area contributed by atoms with E-state index in [4.69, 9.17) is 0 Å². The topological polar surface area (TPSA) is 37.8 Å². The Kier molecular flexibility index (Phi) is 3.64. The molecule has 0 radical (unpaired) electrons. The highest BCUT2D eigenvalue weighted by Gasteiger charge is 2.09. The molecule has 0 bridgehead atoms. The monoisotopic (exact) mass is 233 g/mol. The van der Waals surface area contributed by atoms with Gasteiger partial charge in [0, 0.05) is 29.9 Å². The molecule has 16 heavy (non-hydrogen) atoms. The number of pyridine rings is 1. The van der Waals surface area contributed by atoms with Crippen molar-refractivity contribution in [2.24, 2.45) is 0 Å². The van der Waals surface area contributed by atoms with E-state index in [1.807, 2.05) is 24.7 Å². The Bertz CT molecular complexity index is 439. The van der Waals surface area contributed by atoms with Crippen molar-refractivity contribution < 1.29 is 0 Å². The zero-order valence-electron chi connectivity index (χ0n) is 9.47. The van der Waals surface area contributed by atoms with Crippen molar-refractivity contribution in [2.45, 2.75) is 26.4 Å². The minimum atomic E-state index is 0.340. The van der Waals surface area contributed by atoms with Gasteiger partial charge in [-0.3, -0.25) is 4.98 Å². The van der Waals surface area contributed by atoms with Gasteiger partial charge in [0.25, 0.3) is 0 Å². The fourth-order valence-electron chi connectivity index (χ4n) is 1.59. The van der Waals surface area contributed by atoms with Crippen molar-refractivity contribution in [3.8, 4) is 0 Å². The number of thiazole rings is 1. The molecular formula is C12H15N3S. The van der Waals surface area contributed by atoms with Crippen molar-refractivity contribution in [3.63, 3.8) is 0 Å². The Morgan fingerprint density at radius 3 is 3.00 bits per heavy atom. The predicted octanol–water partition coefficient (Wildman–Crippen LogP) is 2.70. The van der Waals surface area contributed by atoms with Crippen LogP contribution in [-0.2, 0) is 6.54 Å². The number of aryl methyl sites for hydroxylation is 1. The maximum Gasteiger partial charge on any atom is 0.0798 e. The summed E-state index contributed by atoms with van der Waals surface area (Å²) in [6.45, 7) is 5.05. The molecule has 2 aromatic heterocycles. The second-order valence-corrected chi connectivity index (χ2v) is 4.65. The number of hydrogen-bond acceptors (Lipinski definition) is 4. The van der Waals surface area contributed by atoms with Crippen molar-refractivity contribution in [2.75, 3.05) is 0 Å². The third kappa shape index (κ3) is 2.65. The lowest BCUT2D eigenvalue weighted by Crippen LogP contribution is -2.17. The van der Waals surface area contributed by atoms with Gasteiger partial charge < -0.3 is 5.32 Å². The van der Waals surface area contributed by atoms with Gasteiger partial charge in [-0.2, -0.15) is 0 Å². The third-order valence-corrected chi connectivity index (χ3v) is 3.62. The van der Waals surface area contributed by atoms with Crippen LogP contribution in [0.4, 0.5) is 0 Å². The minimum absolute atomic E-state index is 0.340. The van der Waals surface area contributed by atoms with Crippen LogP contribution in [0.2, 0.25) is 0 Å². The molecule has 0 saturated carbocycles. The van der Waals surface area contributed by atoms with Crippen molar-refractivity contribution >= 4 is 11.3 Å². The molecule has 84 valence electrons. The summed E-state index contributed by atoms with van der Waals surface area (Å²) in [4.78, 5) is 9.66. The van der Waals surface area contributed by atoms with E-state index in [2.05, 4.69) is 28.3 Å². The van der Waals surface area contributed by atoms with Crippen molar-refractivity contribution in [3.05, 3.63) is 46.2 Å². The van der Waals surface area contributed by atoms with Gasteiger partial charge in [0.1, 0.15) is 0 Å². The fourth-order valence-corrected chi connectivity index (χ4v) is 2.43. The Morgan fingerprint density at radius 2 is 2.38 bits per heavy atom. The highest BCUT2D eigenvalue weighted by molar-refractivity contribution is 7.09. The SMILES string of the molecule is Cc1ncsc1C(C)NCc1cccnc1. The molecule has 4 heteroatoms. The first kappa shape index (κ1) is 11.2. The van der Waals surface area contributed by atoms with Gasteiger partial charge in [-0.1, -0.05) is 6.07 Å². The molecule has 0 aliphatic heterocycles. The number of hydrogen-bond donors (Lipinski definition) is 1. The molecule has 2 heterocycles. The molecule has 2 rings (SSSR count). The van der Waals surface area contributed by atoms with E-state index in [0.717, 1.165) is 12.2 Å². The van der Waals surface area contributed by atoms with Gasteiger partial charge in [0.15, 0.2) is 0 Å². The average Bonchev–Trinajstić information content (AvgIpc) is 2.74. The minimum Gasteiger partial charge on any atom is -0.305 e. The molecule has 0 amide bonds. The third-order valence-electron chi connectivity index (χ3n) is 2.51. The summed E-state index contributed by atoms with van der Waals surface area (Å²) < 4.78 is 0. The summed E-state index contributed by atoms with van der Waals surface area (Å²) >= 11 is 1.70. The van der Waals surface area contributed by atoms with Gasteiger partial charge in [0.05, 0.1) is 11.2 Å². The average molecular weight is 233 g/mol. The van der Waals surface area contributed by atoms with Crippen LogP contribution in [0.15, 0.2) is 30.0 Å². The quantitative estimate of drug-likeness (QED) is 0.882. The summed E-state index contributed by atoms with van der Waals surface area (Å²) in [6, 6.07) is 4.37. The van der Waals surface area contributed by atoms with Crippen molar-refractivity contribution in [1.82, 2.24) is 15.3 Å². The van der Waals surface area contributed by atoms with Gasteiger partial charge in [-0.15, -0.1) is 11.3 Å². The number of aromatic nitrogens is 2. The van der Waals surface area contributed by atoms with E-state index in [-0.39, 0.29) is 0 Å². The van der Waals surface area contributed by atoms with Crippen LogP contribution >= 0.6 is 11.3 Å². The largest absolute Gasteiger partial charge is 0.305 e. The first-order valence-electron chi connectivity index (χ1n) is 5.29. The summed E-state index contributed by atoms with van der Waals surface area (Å²) in [5.74, 6) is 0. The molecule has 0 aliphatic rings. The standard InChI is InChI=1S/C12H15N3S/c1-9(12-10(2)15-8-16-12)14-7-11-4-3-5-13-6-11/h3-6,8-9,14H,7H2,1-2H3. The van der Waals surface area contributed by atoms with Gasteiger partial charge in [-0.25, -0.2) is 4.98 Å². The molecule has 1 unspecified atom stereocenters. The zero-order valence-corrected chi connectivity index (χ0v) is 10.3.